The molecule has 2 aromatic heterocycles. The quantitative estimate of drug-likeness (QED) is 0.695. The molecule has 2 heterocycles. The number of aromatic nitrogens is 3. The van der Waals surface area contributed by atoms with E-state index in [9.17, 15) is 4.79 Å². The topological polar surface area (TPSA) is 47.3 Å². The summed E-state index contributed by atoms with van der Waals surface area (Å²) in [7, 11) is 0. The highest BCUT2D eigenvalue weighted by atomic mass is 35.5. The normalized spacial score (nSPS) is 11.0. The second-order valence-electron chi connectivity index (χ2n) is 4.64. The number of fused-ring (bicyclic) bond motifs is 1. The van der Waals surface area contributed by atoms with Gasteiger partial charge in [-0.05, 0) is 42.3 Å². The maximum absolute atomic E-state index is 11.9. The average Bonchev–Trinajstić information content (AvgIpc) is 2.46. The second kappa shape index (κ2) is 5.87. The minimum atomic E-state index is -0.307. The van der Waals surface area contributed by atoms with Crippen LogP contribution in [0, 0.1) is 6.92 Å². The van der Waals surface area contributed by atoms with Gasteiger partial charge in [-0.3, -0.25) is 4.40 Å². The number of nitrogens with zero attached hydrogens (tertiary/aromatic N) is 3. The summed E-state index contributed by atoms with van der Waals surface area (Å²) in [5, 5.41) is 1.19. The summed E-state index contributed by atoms with van der Waals surface area (Å²) in [5.74, 6) is 0.693. The molecule has 0 aliphatic rings. The molecule has 6 heteroatoms. The molecule has 0 N–H and O–H groups in total. The van der Waals surface area contributed by atoms with Gasteiger partial charge in [0.25, 0.3) is 0 Å². The lowest BCUT2D eigenvalue weighted by Crippen LogP contribution is -2.19. The molecule has 3 rings (SSSR count). The van der Waals surface area contributed by atoms with E-state index in [1.54, 1.807) is 6.20 Å². The van der Waals surface area contributed by atoms with Gasteiger partial charge in [0.15, 0.2) is 5.16 Å². The molecule has 0 radical (unpaired) electrons. The molecule has 0 bridgehead atoms. The lowest BCUT2D eigenvalue weighted by atomic mass is 10.2. The lowest BCUT2D eigenvalue weighted by Gasteiger charge is -2.04. The van der Waals surface area contributed by atoms with Crippen LogP contribution in [0.4, 0.5) is 0 Å². The Kier molecular flexibility index (Phi) is 3.94. The van der Waals surface area contributed by atoms with Crippen molar-refractivity contribution in [2.24, 2.45) is 0 Å². The van der Waals surface area contributed by atoms with Crippen molar-refractivity contribution in [3.05, 3.63) is 69.2 Å². The lowest BCUT2D eigenvalue weighted by molar-refractivity contribution is 0.845. The van der Waals surface area contributed by atoms with E-state index in [2.05, 4.69) is 9.97 Å². The Morgan fingerprint density at radius 2 is 1.95 bits per heavy atom. The third-order valence-electron chi connectivity index (χ3n) is 2.98. The average molecular weight is 318 g/mol. The number of benzene rings is 1. The maximum atomic E-state index is 11.9. The molecule has 1 aromatic carbocycles. The van der Waals surface area contributed by atoms with Crippen LogP contribution in [-0.4, -0.2) is 14.4 Å². The van der Waals surface area contributed by atoms with Crippen LogP contribution in [0.25, 0.3) is 5.65 Å². The molecule has 0 atom stereocenters. The van der Waals surface area contributed by atoms with Crippen LogP contribution in [-0.2, 0) is 5.75 Å². The molecular weight excluding hydrogens is 306 g/mol. The molecular formula is C15H12ClN3OS. The van der Waals surface area contributed by atoms with Crippen molar-refractivity contribution in [3.8, 4) is 0 Å². The molecule has 0 fully saturated rings. The van der Waals surface area contributed by atoms with Gasteiger partial charge >= 0.3 is 5.69 Å². The van der Waals surface area contributed by atoms with Crippen LogP contribution in [0.3, 0.4) is 0 Å². The van der Waals surface area contributed by atoms with Gasteiger partial charge in [-0.15, -0.1) is 0 Å². The zero-order valence-corrected chi connectivity index (χ0v) is 12.9. The van der Waals surface area contributed by atoms with E-state index in [1.165, 1.54) is 16.2 Å². The highest BCUT2D eigenvalue weighted by Gasteiger charge is 2.05. The van der Waals surface area contributed by atoms with E-state index in [0.717, 1.165) is 11.1 Å². The third-order valence-corrected chi connectivity index (χ3v) is 4.15. The molecule has 3 aromatic rings. The summed E-state index contributed by atoms with van der Waals surface area (Å²) in [4.78, 5) is 20.4. The molecule has 0 amide bonds. The number of aryl methyl sites for hydroxylation is 1. The largest absolute Gasteiger partial charge is 0.355 e. The summed E-state index contributed by atoms with van der Waals surface area (Å²) in [6.45, 7) is 1.97. The predicted octanol–water partition coefficient (Wildman–Crippen LogP) is 3.34. The van der Waals surface area contributed by atoms with Crippen molar-refractivity contribution >= 4 is 29.0 Å². The molecule has 0 unspecified atom stereocenters. The van der Waals surface area contributed by atoms with Gasteiger partial charge in [0.1, 0.15) is 5.65 Å². The maximum Gasteiger partial charge on any atom is 0.355 e. The number of hydrogen-bond donors (Lipinski definition) is 0. The van der Waals surface area contributed by atoms with Crippen LogP contribution in [0.1, 0.15) is 11.1 Å². The van der Waals surface area contributed by atoms with Gasteiger partial charge in [-0.25, -0.2) is 9.78 Å². The molecule has 21 heavy (non-hydrogen) atoms. The molecule has 0 spiro atoms. The highest BCUT2D eigenvalue weighted by molar-refractivity contribution is 7.98. The van der Waals surface area contributed by atoms with Crippen molar-refractivity contribution in [2.75, 3.05) is 0 Å². The van der Waals surface area contributed by atoms with Gasteiger partial charge in [-0.2, -0.15) is 4.98 Å². The van der Waals surface area contributed by atoms with Crippen molar-refractivity contribution in [2.45, 2.75) is 17.8 Å². The fourth-order valence-corrected chi connectivity index (χ4v) is 2.80. The van der Waals surface area contributed by atoms with E-state index < -0.39 is 0 Å². The van der Waals surface area contributed by atoms with Crippen LogP contribution >= 0.6 is 23.4 Å². The summed E-state index contributed by atoms with van der Waals surface area (Å²) < 4.78 is 1.44. The fourth-order valence-electron chi connectivity index (χ4n) is 1.89. The molecule has 0 saturated heterocycles. The van der Waals surface area contributed by atoms with Gasteiger partial charge in [0, 0.05) is 17.0 Å². The van der Waals surface area contributed by atoms with E-state index in [4.69, 9.17) is 11.6 Å². The van der Waals surface area contributed by atoms with Gasteiger partial charge in [0.2, 0.25) is 0 Å². The van der Waals surface area contributed by atoms with Crippen LogP contribution in [0.5, 0.6) is 0 Å². The Morgan fingerprint density at radius 1 is 1.19 bits per heavy atom. The number of pyridine rings is 1. The Bertz CT molecular complexity index is 846. The monoisotopic (exact) mass is 317 g/mol. The number of rotatable bonds is 3. The van der Waals surface area contributed by atoms with Crippen molar-refractivity contribution in [1.82, 2.24) is 14.4 Å². The molecule has 0 aliphatic carbocycles. The van der Waals surface area contributed by atoms with E-state index in [0.29, 0.717) is 21.6 Å². The molecule has 4 nitrogen and oxygen atoms in total. The van der Waals surface area contributed by atoms with Crippen molar-refractivity contribution in [1.29, 1.82) is 0 Å². The van der Waals surface area contributed by atoms with Gasteiger partial charge in [0.05, 0.1) is 0 Å². The highest BCUT2D eigenvalue weighted by Crippen LogP contribution is 2.20. The molecule has 0 aliphatic heterocycles. The third kappa shape index (κ3) is 3.25. The first kappa shape index (κ1) is 14.1. The number of halogens is 1. The van der Waals surface area contributed by atoms with E-state index in [1.807, 2.05) is 43.3 Å². The Hall–Kier alpha value is -1.85. The second-order valence-corrected chi connectivity index (χ2v) is 6.02. The number of hydrogen-bond acceptors (Lipinski definition) is 4. The molecule has 0 saturated carbocycles. The first-order chi connectivity index (χ1) is 10.1. The SMILES string of the molecule is Cc1ccn2c(=O)nc(SCc3ccc(Cl)cc3)nc2c1. The summed E-state index contributed by atoms with van der Waals surface area (Å²) in [5.41, 5.74) is 2.48. The first-order valence-corrected chi connectivity index (χ1v) is 7.72. The Morgan fingerprint density at radius 3 is 2.71 bits per heavy atom. The summed E-state index contributed by atoms with van der Waals surface area (Å²) in [6.07, 6.45) is 1.70. The minimum absolute atomic E-state index is 0.307. The standard InChI is InChI=1S/C15H12ClN3OS/c1-10-6-7-19-13(8-10)17-14(18-15(19)20)21-9-11-2-4-12(16)5-3-11/h2-8H,9H2,1H3. The summed E-state index contributed by atoms with van der Waals surface area (Å²) >= 11 is 7.29. The van der Waals surface area contributed by atoms with Crippen molar-refractivity contribution < 1.29 is 0 Å². The smallest absolute Gasteiger partial charge is 0.251 e. The van der Waals surface area contributed by atoms with Crippen molar-refractivity contribution in [3.63, 3.8) is 0 Å². The van der Waals surface area contributed by atoms with Crippen LogP contribution < -0.4 is 5.69 Å². The van der Waals surface area contributed by atoms with Crippen LogP contribution in [0.2, 0.25) is 5.02 Å². The Balaban J connectivity index is 1.87. The van der Waals surface area contributed by atoms with E-state index in [-0.39, 0.29) is 5.69 Å². The molecule has 106 valence electrons. The summed E-state index contributed by atoms with van der Waals surface area (Å²) in [6, 6.07) is 11.3. The zero-order valence-electron chi connectivity index (χ0n) is 11.3. The predicted molar refractivity (Wildman–Crippen MR) is 85.0 cm³/mol. The zero-order chi connectivity index (χ0) is 14.8. The first-order valence-electron chi connectivity index (χ1n) is 6.36. The Labute approximate surface area is 130 Å². The van der Waals surface area contributed by atoms with E-state index >= 15 is 0 Å². The van der Waals surface area contributed by atoms with Gasteiger partial charge < -0.3 is 0 Å². The fraction of sp³-hybridized carbons (Fsp3) is 0.133. The number of thioether (sulfide) groups is 1. The van der Waals surface area contributed by atoms with Gasteiger partial charge in [-0.1, -0.05) is 35.5 Å². The minimum Gasteiger partial charge on any atom is -0.251 e. The van der Waals surface area contributed by atoms with Crippen LogP contribution in [0.15, 0.2) is 52.5 Å².